The second kappa shape index (κ2) is 3.53. The number of carbonyl (C=O) groups excluding carboxylic acids is 1. The number of halogens is 1. The van der Waals surface area contributed by atoms with Gasteiger partial charge < -0.3 is 14.6 Å². The van der Waals surface area contributed by atoms with Crippen LogP contribution in [0.2, 0.25) is 0 Å². The molecule has 0 spiro atoms. The number of aliphatic hydroxyl groups excluding tert-OH is 1. The molecule has 6 atom stereocenters. The van der Waals surface area contributed by atoms with Crippen LogP contribution in [0.1, 0.15) is 26.2 Å². The molecule has 2 saturated heterocycles. The van der Waals surface area contributed by atoms with Crippen LogP contribution in [0, 0.1) is 11.3 Å². The molecular formula is C12H17BrO4. The number of carbonyl (C=O) groups is 1. The number of ketones is 1. The van der Waals surface area contributed by atoms with Crippen molar-refractivity contribution in [1.82, 2.24) is 0 Å². The second-order valence-corrected chi connectivity index (χ2v) is 6.56. The van der Waals surface area contributed by atoms with E-state index >= 15 is 0 Å². The summed E-state index contributed by atoms with van der Waals surface area (Å²) in [5.74, 6) is -1.15. The highest BCUT2D eigenvalue weighted by molar-refractivity contribution is 9.10. The number of fused-ring (bicyclic) bond motifs is 1. The molecule has 5 heteroatoms. The van der Waals surface area contributed by atoms with Gasteiger partial charge in [0.05, 0.1) is 28.4 Å². The van der Waals surface area contributed by atoms with Crippen LogP contribution in [0.4, 0.5) is 0 Å². The predicted octanol–water partition coefficient (Wildman–Crippen LogP) is 1.24. The summed E-state index contributed by atoms with van der Waals surface area (Å²) in [6.07, 6.45) is 1.66. The molecule has 96 valence electrons. The van der Waals surface area contributed by atoms with E-state index in [9.17, 15) is 9.90 Å². The molecule has 3 fully saturated rings. The van der Waals surface area contributed by atoms with E-state index < -0.39 is 17.3 Å². The summed E-state index contributed by atoms with van der Waals surface area (Å²) >= 11 is 3.43. The minimum absolute atomic E-state index is 0.0138. The number of ether oxygens (including phenoxy) is 2. The fourth-order valence-electron chi connectivity index (χ4n) is 3.90. The van der Waals surface area contributed by atoms with Crippen LogP contribution in [0.5, 0.6) is 0 Å². The lowest BCUT2D eigenvalue weighted by atomic mass is 9.69. The van der Waals surface area contributed by atoms with Crippen molar-refractivity contribution in [1.29, 1.82) is 0 Å². The summed E-state index contributed by atoms with van der Waals surface area (Å²) in [6.45, 7) is 1.90. The zero-order valence-corrected chi connectivity index (χ0v) is 11.6. The van der Waals surface area contributed by atoms with Crippen LogP contribution in [0.3, 0.4) is 0 Å². The number of alkyl halides is 1. The quantitative estimate of drug-likeness (QED) is 0.741. The summed E-state index contributed by atoms with van der Waals surface area (Å²) in [4.78, 5) is 12.1. The van der Waals surface area contributed by atoms with Crippen LogP contribution in [0.15, 0.2) is 0 Å². The molecule has 0 aromatic heterocycles. The summed E-state index contributed by atoms with van der Waals surface area (Å²) in [6, 6.07) is 0. The number of rotatable bonds is 1. The molecule has 4 nitrogen and oxygen atoms in total. The minimum Gasteiger partial charge on any atom is -0.392 e. The van der Waals surface area contributed by atoms with Crippen molar-refractivity contribution in [2.75, 3.05) is 7.11 Å². The lowest BCUT2D eigenvalue weighted by Crippen LogP contribution is -2.63. The molecule has 0 aromatic rings. The fourth-order valence-corrected chi connectivity index (χ4v) is 5.11. The van der Waals surface area contributed by atoms with Crippen molar-refractivity contribution in [3.63, 3.8) is 0 Å². The zero-order chi connectivity index (χ0) is 12.4. The van der Waals surface area contributed by atoms with E-state index in [2.05, 4.69) is 15.9 Å². The molecule has 2 aliphatic heterocycles. The largest absolute Gasteiger partial charge is 0.392 e. The lowest BCUT2D eigenvalue weighted by molar-refractivity contribution is -0.359. The van der Waals surface area contributed by atoms with E-state index in [1.165, 1.54) is 0 Å². The van der Waals surface area contributed by atoms with E-state index in [0.29, 0.717) is 6.42 Å². The van der Waals surface area contributed by atoms with E-state index in [-0.39, 0.29) is 22.6 Å². The molecule has 0 amide bonds. The Balaban J connectivity index is 2.16. The van der Waals surface area contributed by atoms with Crippen molar-refractivity contribution in [2.24, 2.45) is 11.3 Å². The van der Waals surface area contributed by atoms with E-state index in [1.54, 1.807) is 7.11 Å². The summed E-state index contributed by atoms with van der Waals surface area (Å²) in [7, 11) is 1.57. The first-order valence-corrected chi connectivity index (χ1v) is 6.97. The van der Waals surface area contributed by atoms with Gasteiger partial charge in [0, 0.05) is 13.5 Å². The number of hydrogen-bond donors (Lipinski definition) is 1. The Hall–Kier alpha value is 0.0300. The Kier molecular flexibility index (Phi) is 2.51. The van der Waals surface area contributed by atoms with Gasteiger partial charge in [0.15, 0.2) is 11.6 Å². The number of hydrogen-bond acceptors (Lipinski definition) is 4. The van der Waals surface area contributed by atoms with Gasteiger partial charge in [-0.15, -0.1) is 0 Å². The molecule has 0 radical (unpaired) electrons. The van der Waals surface area contributed by atoms with E-state index in [1.807, 2.05) is 6.92 Å². The van der Waals surface area contributed by atoms with Gasteiger partial charge in [-0.1, -0.05) is 15.9 Å². The number of aliphatic hydroxyl groups is 1. The lowest BCUT2D eigenvalue weighted by Gasteiger charge is -2.54. The van der Waals surface area contributed by atoms with Crippen LogP contribution in [-0.2, 0) is 14.3 Å². The summed E-state index contributed by atoms with van der Waals surface area (Å²) in [5, 5.41) is 10.3. The first kappa shape index (κ1) is 12.1. The van der Waals surface area contributed by atoms with Gasteiger partial charge in [-0.05, 0) is 19.8 Å². The molecule has 2 bridgehead atoms. The van der Waals surface area contributed by atoms with Crippen molar-refractivity contribution in [3.8, 4) is 0 Å². The highest BCUT2D eigenvalue weighted by Crippen LogP contribution is 2.61. The Morgan fingerprint density at radius 2 is 2.29 bits per heavy atom. The normalized spacial score (nSPS) is 57.3. The molecule has 1 N–H and O–H groups in total. The van der Waals surface area contributed by atoms with E-state index in [0.717, 1.165) is 12.8 Å². The third-order valence-electron chi connectivity index (χ3n) is 4.85. The number of methoxy groups -OCH3 is 1. The Labute approximate surface area is 109 Å². The first-order valence-electron chi connectivity index (χ1n) is 6.06. The molecule has 3 rings (SSSR count). The van der Waals surface area contributed by atoms with Crippen molar-refractivity contribution >= 4 is 21.7 Å². The van der Waals surface area contributed by atoms with E-state index in [4.69, 9.17) is 9.47 Å². The van der Waals surface area contributed by atoms with Gasteiger partial charge in [-0.2, -0.15) is 0 Å². The third kappa shape index (κ3) is 1.21. The topological polar surface area (TPSA) is 55.8 Å². The molecular weight excluding hydrogens is 288 g/mol. The maximum atomic E-state index is 12.4. The smallest absolute Gasteiger partial charge is 0.187 e. The fraction of sp³-hybridized carbons (Fsp3) is 0.917. The van der Waals surface area contributed by atoms with Crippen LogP contribution >= 0.6 is 15.9 Å². The molecule has 3 unspecified atom stereocenters. The van der Waals surface area contributed by atoms with Crippen LogP contribution in [-0.4, -0.2) is 40.8 Å². The molecule has 3 aliphatic rings. The molecule has 0 aromatic carbocycles. The average Bonchev–Trinajstić information content (AvgIpc) is 2.50. The second-order valence-electron chi connectivity index (χ2n) is 5.58. The molecule has 1 saturated carbocycles. The first-order chi connectivity index (χ1) is 7.96. The SMILES string of the molecule is COC12OC3CCC1(C)C(=O)[C@@H](Br)[C@@H]2[C@H](O)C3. The zero-order valence-electron chi connectivity index (χ0n) is 9.98. The van der Waals surface area contributed by atoms with Crippen LogP contribution < -0.4 is 0 Å². The summed E-state index contributed by atoms with van der Waals surface area (Å²) < 4.78 is 11.6. The Morgan fingerprint density at radius 3 is 2.94 bits per heavy atom. The van der Waals surface area contributed by atoms with Gasteiger partial charge in [-0.25, -0.2) is 0 Å². The maximum absolute atomic E-state index is 12.4. The average molecular weight is 305 g/mol. The molecule has 1 aliphatic carbocycles. The molecule has 2 heterocycles. The minimum atomic E-state index is -0.946. The maximum Gasteiger partial charge on any atom is 0.187 e. The highest BCUT2D eigenvalue weighted by Gasteiger charge is 2.73. The van der Waals surface area contributed by atoms with Gasteiger partial charge in [0.1, 0.15) is 0 Å². The summed E-state index contributed by atoms with van der Waals surface area (Å²) in [5.41, 5.74) is -0.640. The van der Waals surface area contributed by atoms with Crippen molar-refractivity contribution in [2.45, 2.75) is 49.0 Å². The van der Waals surface area contributed by atoms with Gasteiger partial charge in [0.25, 0.3) is 0 Å². The van der Waals surface area contributed by atoms with Crippen molar-refractivity contribution < 1.29 is 19.4 Å². The number of Topliss-reactive ketones (excluding diaryl/α,β-unsaturated/α-hetero) is 1. The Morgan fingerprint density at radius 1 is 1.59 bits per heavy atom. The van der Waals surface area contributed by atoms with Crippen LogP contribution in [0.25, 0.3) is 0 Å². The molecule has 17 heavy (non-hydrogen) atoms. The van der Waals surface area contributed by atoms with Gasteiger partial charge >= 0.3 is 0 Å². The predicted molar refractivity (Wildman–Crippen MR) is 63.8 cm³/mol. The Bertz CT molecular complexity index is 374. The standard InChI is InChI=1S/C12H17BrO4/c1-11-4-3-6-5-7(14)8(9(13)10(11)15)12(11,16-2)17-6/h6-9,14H,3-5H2,1-2H3/t6?,7-,8+,9+,11?,12?/m1/s1. The third-order valence-corrected chi connectivity index (χ3v) is 5.83. The highest BCUT2D eigenvalue weighted by atomic mass is 79.9. The van der Waals surface area contributed by atoms with Gasteiger partial charge in [0.2, 0.25) is 0 Å². The van der Waals surface area contributed by atoms with Crippen molar-refractivity contribution in [3.05, 3.63) is 0 Å². The van der Waals surface area contributed by atoms with Gasteiger partial charge in [-0.3, -0.25) is 4.79 Å². The monoisotopic (exact) mass is 304 g/mol.